The molecule has 1 aromatic rings. The second-order valence-electron chi connectivity index (χ2n) is 6.93. The Morgan fingerprint density at radius 1 is 1.24 bits per heavy atom. The molecule has 0 atom stereocenters. The largest absolute Gasteiger partial charge is 0.310 e. The SMILES string of the molecule is CC(C)NCc1ccc(CN(CC2CC2)C(C)C)c(Br)c1. The number of benzene rings is 1. The highest BCUT2D eigenvalue weighted by Crippen LogP contribution is 2.31. The molecule has 1 aliphatic rings. The van der Waals surface area contributed by atoms with E-state index in [9.17, 15) is 0 Å². The van der Waals surface area contributed by atoms with E-state index < -0.39 is 0 Å². The summed E-state index contributed by atoms with van der Waals surface area (Å²) in [5.74, 6) is 0.945. The Labute approximate surface area is 138 Å². The van der Waals surface area contributed by atoms with Gasteiger partial charge in [-0.15, -0.1) is 0 Å². The van der Waals surface area contributed by atoms with Crippen molar-refractivity contribution in [1.29, 1.82) is 0 Å². The number of halogens is 1. The summed E-state index contributed by atoms with van der Waals surface area (Å²) in [5.41, 5.74) is 2.75. The molecule has 1 aliphatic carbocycles. The molecule has 0 saturated heterocycles. The van der Waals surface area contributed by atoms with Crippen molar-refractivity contribution in [1.82, 2.24) is 10.2 Å². The molecule has 0 radical (unpaired) electrons. The summed E-state index contributed by atoms with van der Waals surface area (Å²) in [4.78, 5) is 2.60. The molecule has 0 aliphatic heterocycles. The Hall–Kier alpha value is -0.380. The van der Waals surface area contributed by atoms with E-state index in [2.05, 4.69) is 72.0 Å². The quantitative estimate of drug-likeness (QED) is 0.737. The van der Waals surface area contributed by atoms with Crippen LogP contribution in [0.25, 0.3) is 0 Å². The van der Waals surface area contributed by atoms with Crippen molar-refractivity contribution in [2.45, 2.75) is 65.7 Å². The molecule has 3 heteroatoms. The van der Waals surface area contributed by atoms with Gasteiger partial charge in [0.15, 0.2) is 0 Å². The fraction of sp³-hybridized carbons (Fsp3) is 0.667. The lowest BCUT2D eigenvalue weighted by Gasteiger charge is -2.27. The first-order valence-corrected chi connectivity index (χ1v) is 8.99. The molecule has 1 N–H and O–H groups in total. The van der Waals surface area contributed by atoms with E-state index in [1.54, 1.807) is 0 Å². The molecular weight excluding hydrogens is 324 g/mol. The van der Waals surface area contributed by atoms with Crippen molar-refractivity contribution in [2.24, 2.45) is 5.92 Å². The van der Waals surface area contributed by atoms with Crippen LogP contribution in [0.15, 0.2) is 22.7 Å². The molecule has 2 rings (SSSR count). The smallest absolute Gasteiger partial charge is 0.0247 e. The van der Waals surface area contributed by atoms with Crippen molar-refractivity contribution in [3.05, 3.63) is 33.8 Å². The highest BCUT2D eigenvalue weighted by atomic mass is 79.9. The Morgan fingerprint density at radius 2 is 1.95 bits per heavy atom. The molecule has 0 amide bonds. The third-order valence-corrected chi connectivity index (χ3v) is 4.86. The number of hydrogen-bond donors (Lipinski definition) is 1. The maximum absolute atomic E-state index is 3.76. The first kappa shape index (κ1) is 17.0. The maximum Gasteiger partial charge on any atom is 0.0247 e. The minimum Gasteiger partial charge on any atom is -0.310 e. The van der Waals surface area contributed by atoms with Crippen molar-refractivity contribution >= 4 is 15.9 Å². The lowest BCUT2D eigenvalue weighted by atomic mass is 10.1. The van der Waals surface area contributed by atoms with Gasteiger partial charge in [-0.25, -0.2) is 0 Å². The van der Waals surface area contributed by atoms with Gasteiger partial charge in [-0.05, 0) is 49.8 Å². The van der Waals surface area contributed by atoms with E-state index in [1.165, 1.54) is 35.0 Å². The van der Waals surface area contributed by atoms with Gasteiger partial charge in [0.2, 0.25) is 0 Å². The van der Waals surface area contributed by atoms with Crippen LogP contribution in [0.3, 0.4) is 0 Å². The van der Waals surface area contributed by atoms with Crippen molar-refractivity contribution in [3.63, 3.8) is 0 Å². The van der Waals surface area contributed by atoms with Crippen LogP contribution in [0.4, 0.5) is 0 Å². The molecule has 0 bridgehead atoms. The summed E-state index contributed by atoms with van der Waals surface area (Å²) in [7, 11) is 0. The standard InChI is InChI=1S/C18H29BrN2/c1-13(2)20-10-16-7-8-17(18(19)9-16)12-21(14(3)4)11-15-5-6-15/h7-9,13-15,20H,5-6,10-12H2,1-4H3. The fourth-order valence-corrected chi connectivity index (χ4v) is 3.01. The van der Waals surface area contributed by atoms with E-state index in [4.69, 9.17) is 0 Å². The molecule has 118 valence electrons. The first-order chi connectivity index (χ1) is 9.95. The molecule has 1 saturated carbocycles. The van der Waals surface area contributed by atoms with Crippen LogP contribution < -0.4 is 5.32 Å². The second kappa shape index (κ2) is 7.75. The van der Waals surface area contributed by atoms with Crippen molar-refractivity contribution < 1.29 is 0 Å². The third kappa shape index (κ3) is 5.72. The third-order valence-electron chi connectivity index (χ3n) is 4.13. The Kier molecular flexibility index (Phi) is 6.27. The Morgan fingerprint density at radius 3 is 2.48 bits per heavy atom. The van der Waals surface area contributed by atoms with Crippen molar-refractivity contribution in [3.8, 4) is 0 Å². The number of hydrogen-bond acceptors (Lipinski definition) is 2. The number of rotatable bonds is 8. The van der Waals surface area contributed by atoms with Gasteiger partial charge in [0.1, 0.15) is 0 Å². The van der Waals surface area contributed by atoms with Gasteiger partial charge in [-0.1, -0.05) is 41.9 Å². The summed E-state index contributed by atoms with van der Waals surface area (Å²) in [6, 6.07) is 7.94. The Balaban J connectivity index is 1.98. The molecular formula is C18H29BrN2. The highest BCUT2D eigenvalue weighted by molar-refractivity contribution is 9.10. The van der Waals surface area contributed by atoms with Crippen LogP contribution in [0, 0.1) is 5.92 Å². The summed E-state index contributed by atoms with van der Waals surface area (Å²) < 4.78 is 1.24. The maximum atomic E-state index is 3.76. The normalized spacial score (nSPS) is 15.4. The average Bonchev–Trinajstić information content (AvgIpc) is 3.21. The molecule has 21 heavy (non-hydrogen) atoms. The van der Waals surface area contributed by atoms with Gasteiger partial charge in [0.25, 0.3) is 0 Å². The first-order valence-electron chi connectivity index (χ1n) is 8.20. The second-order valence-corrected chi connectivity index (χ2v) is 7.78. The fourth-order valence-electron chi connectivity index (χ4n) is 2.46. The summed E-state index contributed by atoms with van der Waals surface area (Å²) in [6.45, 7) is 12.2. The van der Waals surface area contributed by atoms with E-state index in [1.807, 2.05) is 0 Å². The van der Waals surface area contributed by atoms with E-state index in [0.29, 0.717) is 12.1 Å². The van der Waals surface area contributed by atoms with Crippen LogP contribution in [0.1, 0.15) is 51.7 Å². The summed E-state index contributed by atoms with van der Waals surface area (Å²) in [5, 5.41) is 3.47. The van der Waals surface area contributed by atoms with E-state index >= 15 is 0 Å². The monoisotopic (exact) mass is 352 g/mol. The molecule has 2 nitrogen and oxygen atoms in total. The predicted octanol–water partition coefficient (Wildman–Crippen LogP) is 4.57. The van der Waals surface area contributed by atoms with Crippen LogP contribution in [0.2, 0.25) is 0 Å². The van der Waals surface area contributed by atoms with Gasteiger partial charge in [0, 0.05) is 36.2 Å². The predicted molar refractivity (Wildman–Crippen MR) is 94.4 cm³/mol. The minimum absolute atomic E-state index is 0.526. The van der Waals surface area contributed by atoms with Crippen LogP contribution in [0.5, 0.6) is 0 Å². The molecule has 0 spiro atoms. The zero-order valence-corrected chi connectivity index (χ0v) is 15.4. The highest BCUT2D eigenvalue weighted by Gasteiger charge is 2.25. The topological polar surface area (TPSA) is 15.3 Å². The molecule has 0 heterocycles. The summed E-state index contributed by atoms with van der Waals surface area (Å²) in [6.07, 6.45) is 2.84. The van der Waals surface area contributed by atoms with E-state index in [-0.39, 0.29) is 0 Å². The summed E-state index contributed by atoms with van der Waals surface area (Å²) >= 11 is 3.76. The van der Waals surface area contributed by atoms with Gasteiger partial charge in [-0.2, -0.15) is 0 Å². The zero-order valence-electron chi connectivity index (χ0n) is 13.8. The van der Waals surface area contributed by atoms with Gasteiger partial charge < -0.3 is 5.32 Å². The van der Waals surface area contributed by atoms with Crippen LogP contribution in [-0.4, -0.2) is 23.5 Å². The van der Waals surface area contributed by atoms with Crippen molar-refractivity contribution in [2.75, 3.05) is 6.54 Å². The Bertz CT molecular complexity index is 453. The van der Waals surface area contributed by atoms with Crippen LogP contribution >= 0.6 is 15.9 Å². The average molecular weight is 353 g/mol. The minimum atomic E-state index is 0.526. The number of nitrogens with zero attached hydrogens (tertiary/aromatic N) is 1. The molecule has 0 aromatic heterocycles. The van der Waals surface area contributed by atoms with Gasteiger partial charge >= 0.3 is 0 Å². The molecule has 1 aromatic carbocycles. The van der Waals surface area contributed by atoms with Crippen LogP contribution in [-0.2, 0) is 13.1 Å². The zero-order chi connectivity index (χ0) is 15.4. The van der Waals surface area contributed by atoms with Gasteiger partial charge in [0.05, 0.1) is 0 Å². The lowest BCUT2D eigenvalue weighted by Crippen LogP contribution is -2.32. The van der Waals surface area contributed by atoms with Gasteiger partial charge in [-0.3, -0.25) is 4.90 Å². The van der Waals surface area contributed by atoms with E-state index in [0.717, 1.165) is 19.0 Å². The number of nitrogens with one attached hydrogen (secondary N) is 1. The molecule has 1 fully saturated rings. The lowest BCUT2D eigenvalue weighted by molar-refractivity contribution is 0.203. The molecule has 0 unspecified atom stereocenters.